The fourth-order valence-corrected chi connectivity index (χ4v) is 10.7. The summed E-state index contributed by atoms with van der Waals surface area (Å²) < 4.78 is 57.5. The number of benzene rings is 1. The van der Waals surface area contributed by atoms with Gasteiger partial charge in [0.25, 0.3) is 0 Å². The summed E-state index contributed by atoms with van der Waals surface area (Å²) in [5.41, 5.74) is 0.595. The van der Waals surface area contributed by atoms with Gasteiger partial charge in [0.15, 0.2) is 25.0 Å². The van der Waals surface area contributed by atoms with Gasteiger partial charge in [0.1, 0.15) is 84.6 Å². The van der Waals surface area contributed by atoms with Crippen LogP contribution in [0.5, 0.6) is 0 Å². The standard InChI is InChI=1S/C48H71FN6O20/c1-21-36(60)40(64)41(65)48(70-21)75-42-28(51-22(2)58)16-26(17-30(42)72-46-34(52-23(3)59)43(38(62)33(20-57)73-46)71-31(45(67)68)14-24-8-5-4-6-9-24)44(66)50-12-13-69-47-39(63)35(37(61)32(19-56)74-47)55-18-29(53-54-55)25-10-7-11-27(49)15-25/h7,10-11,15,18,21,24,26,28,30-43,46-48,56-57,60-65H,4-6,8-9,12-14,16-17,19-20H2,1-3H3,(H,50,66)(H,51,58)(H,52,59)(H,67,68)/t21?,26?,28?,30-,31+,32?,33?,34?,35?,36-,37-,38+,39?,40?,41?,42?,43?,46-,47+,48+/m1/s1. The molecule has 5 fully saturated rings. The molecule has 1 aromatic carbocycles. The minimum absolute atomic E-state index is 0.00124. The highest BCUT2D eigenvalue weighted by atomic mass is 19.1. The maximum atomic E-state index is 14.2. The van der Waals surface area contributed by atoms with Crippen LogP contribution in [0.25, 0.3) is 11.3 Å². The van der Waals surface area contributed by atoms with Gasteiger partial charge in [-0.25, -0.2) is 13.9 Å². The van der Waals surface area contributed by atoms with Crippen LogP contribution in [0.2, 0.25) is 0 Å². The van der Waals surface area contributed by atoms with Crippen molar-refractivity contribution in [2.24, 2.45) is 11.8 Å². The quantitative estimate of drug-likeness (QED) is 0.0592. The van der Waals surface area contributed by atoms with Crippen LogP contribution < -0.4 is 16.0 Å². The second-order valence-electron chi connectivity index (χ2n) is 20.0. The van der Waals surface area contributed by atoms with Crippen LogP contribution >= 0.6 is 0 Å². The number of carbonyl (C=O) groups excluding carboxylic acids is 3. The van der Waals surface area contributed by atoms with Gasteiger partial charge in [-0.1, -0.05) is 49.5 Å². The number of hydrogen-bond acceptors (Lipinski definition) is 21. The van der Waals surface area contributed by atoms with Crippen molar-refractivity contribution in [1.82, 2.24) is 30.9 Å². The number of aliphatic hydroxyl groups is 8. The molecule has 420 valence electrons. The Morgan fingerprint density at radius 3 is 2.17 bits per heavy atom. The van der Waals surface area contributed by atoms with E-state index in [2.05, 4.69) is 26.3 Å². The van der Waals surface area contributed by atoms with Crippen molar-refractivity contribution in [2.45, 2.75) is 188 Å². The van der Waals surface area contributed by atoms with Crippen LogP contribution in [0, 0.1) is 17.7 Å². The Hall–Kier alpha value is -4.43. The fraction of sp³-hybridized carbons (Fsp3) is 0.750. The van der Waals surface area contributed by atoms with E-state index in [4.69, 9.17) is 33.2 Å². The molecule has 12 unspecified atom stereocenters. The normalized spacial score (nSPS) is 37.0. The largest absolute Gasteiger partial charge is 0.479 e. The van der Waals surface area contributed by atoms with Crippen LogP contribution in [0.3, 0.4) is 0 Å². The van der Waals surface area contributed by atoms with Crippen molar-refractivity contribution in [3.63, 3.8) is 0 Å². The van der Waals surface area contributed by atoms with E-state index in [1.807, 2.05) is 0 Å². The molecule has 2 aliphatic carbocycles. The van der Waals surface area contributed by atoms with Gasteiger partial charge in [-0.3, -0.25) is 14.4 Å². The number of nitrogens with one attached hydrogen (secondary N) is 3. The van der Waals surface area contributed by atoms with Crippen molar-refractivity contribution in [3.05, 3.63) is 36.3 Å². The summed E-state index contributed by atoms with van der Waals surface area (Å²) in [5.74, 6) is -4.80. The number of aliphatic carboxylic acids is 1. The lowest BCUT2D eigenvalue weighted by atomic mass is 9.80. The van der Waals surface area contributed by atoms with E-state index < -0.39 is 165 Å². The molecule has 27 heteroatoms. The number of aromatic nitrogens is 3. The summed E-state index contributed by atoms with van der Waals surface area (Å²) in [4.78, 5) is 52.6. The zero-order valence-electron chi connectivity index (χ0n) is 41.7. The molecule has 26 nitrogen and oxygen atoms in total. The first kappa shape index (κ1) is 58.3. The second-order valence-corrected chi connectivity index (χ2v) is 20.0. The lowest BCUT2D eigenvalue weighted by Gasteiger charge is -2.49. The zero-order valence-corrected chi connectivity index (χ0v) is 41.7. The number of carboxylic acid groups (broad SMARTS) is 1. The predicted molar refractivity (Wildman–Crippen MR) is 250 cm³/mol. The molecule has 4 heterocycles. The Labute approximate surface area is 430 Å². The van der Waals surface area contributed by atoms with Crippen LogP contribution in [-0.4, -0.2) is 221 Å². The first-order valence-electron chi connectivity index (χ1n) is 25.3. The van der Waals surface area contributed by atoms with Crippen molar-refractivity contribution in [3.8, 4) is 11.3 Å². The first-order chi connectivity index (χ1) is 35.8. The van der Waals surface area contributed by atoms with Crippen molar-refractivity contribution >= 4 is 23.7 Å². The topological polar surface area (TPSA) is 382 Å². The minimum atomic E-state index is -1.84. The molecular weight excluding hydrogens is 1000 g/mol. The third-order valence-electron chi connectivity index (χ3n) is 14.5. The highest BCUT2D eigenvalue weighted by Crippen LogP contribution is 2.38. The molecule has 1 aromatic heterocycles. The van der Waals surface area contributed by atoms with E-state index in [1.54, 1.807) is 6.07 Å². The average Bonchev–Trinajstić information content (AvgIpc) is 3.86. The van der Waals surface area contributed by atoms with Crippen molar-refractivity contribution < 1.29 is 103 Å². The number of ether oxygens (including phenoxy) is 7. The molecule has 20 atom stereocenters. The Morgan fingerprint density at radius 2 is 1.51 bits per heavy atom. The monoisotopic (exact) mass is 1070 g/mol. The molecule has 2 aromatic rings. The third kappa shape index (κ3) is 14.2. The van der Waals surface area contributed by atoms with Crippen LogP contribution in [0.15, 0.2) is 30.5 Å². The summed E-state index contributed by atoms with van der Waals surface area (Å²) in [6.07, 6.45) is -19.0. The van der Waals surface area contributed by atoms with E-state index in [1.165, 1.54) is 38.2 Å². The molecule has 12 N–H and O–H groups in total. The van der Waals surface area contributed by atoms with Crippen LogP contribution in [0.1, 0.15) is 78.2 Å². The summed E-state index contributed by atoms with van der Waals surface area (Å²) >= 11 is 0. The molecule has 3 amide bonds. The first-order valence-corrected chi connectivity index (χ1v) is 25.3. The van der Waals surface area contributed by atoms with E-state index >= 15 is 0 Å². The molecular formula is C48H71FN6O20. The second kappa shape index (κ2) is 26.3. The molecule has 3 saturated heterocycles. The van der Waals surface area contributed by atoms with Gasteiger partial charge in [0.2, 0.25) is 17.7 Å². The minimum Gasteiger partial charge on any atom is -0.479 e. The average molecular weight is 1070 g/mol. The van der Waals surface area contributed by atoms with Gasteiger partial charge >= 0.3 is 5.97 Å². The third-order valence-corrected chi connectivity index (χ3v) is 14.5. The van der Waals surface area contributed by atoms with Gasteiger partial charge in [-0.05, 0) is 44.2 Å². The van der Waals surface area contributed by atoms with Gasteiger partial charge < -0.3 is 95.1 Å². The number of hydrogen-bond donors (Lipinski definition) is 12. The number of nitrogens with zero attached hydrogens (tertiary/aromatic N) is 3. The maximum Gasteiger partial charge on any atom is 0.332 e. The number of rotatable bonds is 20. The number of halogens is 1. The maximum absolute atomic E-state index is 14.2. The van der Waals surface area contributed by atoms with E-state index in [0.717, 1.165) is 43.7 Å². The van der Waals surface area contributed by atoms with Gasteiger partial charge in [-0.15, -0.1) is 5.10 Å². The van der Waals surface area contributed by atoms with Crippen molar-refractivity contribution in [2.75, 3.05) is 26.4 Å². The van der Waals surface area contributed by atoms with E-state index in [-0.39, 0.29) is 44.0 Å². The highest BCUT2D eigenvalue weighted by Gasteiger charge is 2.54. The molecule has 2 saturated carbocycles. The fourth-order valence-electron chi connectivity index (χ4n) is 10.7. The molecule has 3 aliphatic heterocycles. The summed E-state index contributed by atoms with van der Waals surface area (Å²) in [6.45, 7) is 1.71. The van der Waals surface area contributed by atoms with Gasteiger partial charge in [0, 0.05) is 31.9 Å². The number of aliphatic hydroxyl groups excluding tert-OH is 8. The molecule has 0 bridgehead atoms. The van der Waals surface area contributed by atoms with Crippen LogP contribution in [0.4, 0.5) is 4.39 Å². The Morgan fingerprint density at radius 1 is 0.813 bits per heavy atom. The number of carbonyl (C=O) groups is 4. The Kier molecular flexibility index (Phi) is 20.4. The Bertz CT molecular complexity index is 2210. The van der Waals surface area contributed by atoms with Crippen LogP contribution in [-0.2, 0) is 52.3 Å². The molecule has 0 spiro atoms. The lowest BCUT2D eigenvalue weighted by molar-refractivity contribution is -0.335. The summed E-state index contributed by atoms with van der Waals surface area (Å²) in [7, 11) is 0. The number of carboxylic acids is 1. The van der Waals surface area contributed by atoms with E-state index in [0.29, 0.717) is 5.56 Å². The predicted octanol–water partition coefficient (Wildman–Crippen LogP) is -2.90. The molecule has 7 rings (SSSR count). The number of amides is 3. The highest BCUT2D eigenvalue weighted by molar-refractivity contribution is 5.79. The Balaban J connectivity index is 1.10. The summed E-state index contributed by atoms with van der Waals surface area (Å²) in [5, 5.41) is 113. The molecule has 5 aliphatic rings. The lowest BCUT2D eigenvalue weighted by Crippen LogP contribution is -2.68. The summed E-state index contributed by atoms with van der Waals surface area (Å²) in [6, 6.07) is 1.65. The molecule has 75 heavy (non-hydrogen) atoms. The smallest absolute Gasteiger partial charge is 0.332 e. The zero-order chi connectivity index (χ0) is 54.2. The van der Waals surface area contributed by atoms with Crippen molar-refractivity contribution in [1.29, 1.82) is 0 Å². The molecule has 0 radical (unpaired) electrons. The van der Waals surface area contributed by atoms with Gasteiger partial charge in [-0.2, -0.15) is 0 Å². The SMILES string of the molecule is CC(=O)NC1CC(C(=O)NCCO[C@H]2OC(CO)[C@@H](O)C(n3cc(-c4cccc(F)c4)nn3)C2O)C[C@@H](O[C@@H]2OC(CO)[C@H](O)C(O[C@@H](CC3CCCCC3)C(=O)O)C2NC(C)=O)C1O[C@@H]1OC(C)[C@@H](O)C(O)C1O. The van der Waals surface area contributed by atoms with E-state index in [9.17, 15) is 69.5 Å². The van der Waals surface area contributed by atoms with Gasteiger partial charge in [0.05, 0.1) is 44.3 Å².